The molecule has 0 radical (unpaired) electrons. The van der Waals surface area contributed by atoms with Crippen LogP contribution in [0, 0.1) is 5.41 Å². The van der Waals surface area contributed by atoms with Gasteiger partial charge in [0, 0.05) is 6.61 Å². The highest BCUT2D eigenvalue weighted by molar-refractivity contribution is 5.75. The van der Waals surface area contributed by atoms with Crippen molar-refractivity contribution in [3.63, 3.8) is 0 Å². The van der Waals surface area contributed by atoms with Gasteiger partial charge in [0.25, 0.3) is 0 Å². The first-order chi connectivity index (χ1) is 6.07. The molecule has 0 spiro atoms. The van der Waals surface area contributed by atoms with Crippen LogP contribution in [0.15, 0.2) is 12.2 Å². The predicted octanol–water partition coefficient (Wildman–Crippen LogP) is 1.83. The lowest BCUT2D eigenvalue weighted by Gasteiger charge is -2.21. The van der Waals surface area contributed by atoms with Crippen molar-refractivity contribution in [3.05, 3.63) is 12.2 Å². The summed E-state index contributed by atoms with van der Waals surface area (Å²) in [5.74, 6) is -0.730. The molecule has 0 saturated carbocycles. The standard InChI is InChI=1S/C10H16O3/c1-8(2)3-4-10(9(11)12)5-6-13-7-10/h1,3-7H2,2H3,(H,11,12). The molecule has 74 valence electrons. The third kappa shape index (κ3) is 2.31. The van der Waals surface area contributed by atoms with Gasteiger partial charge >= 0.3 is 5.97 Å². The fraction of sp³-hybridized carbons (Fsp3) is 0.700. The molecule has 3 nitrogen and oxygen atoms in total. The van der Waals surface area contributed by atoms with E-state index in [9.17, 15) is 4.79 Å². The number of allylic oxidation sites excluding steroid dienone is 1. The van der Waals surface area contributed by atoms with Gasteiger partial charge in [-0.1, -0.05) is 5.57 Å². The Bertz CT molecular complexity index is 214. The summed E-state index contributed by atoms with van der Waals surface area (Å²) in [4.78, 5) is 11.0. The van der Waals surface area contributed by atoms with Crippen molar-refractivity contribution < 1.29 is 14.6 Å². The van der Waals surface area contributed by atoms with E-state index in [1.807, 2.05) is 6.92 Å². The van der Waals surface area contributed by atoms with Gasteiger partial charge in [0.1, 0.15) is 0 Å². The van der Waals surface area contributed by atoms with Crippen LogP contribution in [-0.2, 0) is 9.53 Å². The van der Waals surface area contributed by atoms with Crippen molar-refractivity contribution >= 4 is 5.97 Å². The molecule has 0 bridgehead atoms. The van der Waals surface area contributed by atoms with Gasteiger partial charge in [0.15, 0.2) is 0 Å². The molecule has 1 atom stereocenters. The lowest BCUT2D eigenvalue weighted by atomic mass is 9.82. The largest absolute Gasteiger partial charge is 0.481 e. The molecule has 1 saturated heterocycles. The van der Waals surface area contributed by atoms with Gasteiger partial charge in [-0.15, -0.1) is 6.58 Å². The first kappa shape index (κ1) is 10.3. The maximum Gasteiger partial charge on any atom is 0.312 e. The zero-order valence-corrected chi connectivity index (χ0v) is 8.01. The lowest BCUT2D eigenvalue weighted by molar-refractivity contribution is -0.149. The summed E-state index contributed by atoms with van der Waals surface area (Å²) >= 11 is 0. The number of aliphatic carboxylic acids is 1. The Hall–Kier alpha value is -0.830. The molecule has 1 N–H and O–H groups in total. The number of carbonyl (C=O) groups is 1. The Labute approximate surface area is 78.4 Å². The van der Waals surface area contributed by atoms with Crippen LogP contribution in [0.3, 0.4) is 0 Å². The molecule has 1 aliphatic heterocycles. The molecule has 1 aliphatic rings. The van der Waals surface area contributed by atoms with Gasteiger partial charge in [0.2, 0.25) is 0 Å². The minimum absolute atomic E-state index is 0.357. The van der Waals surface area contributed by atoms with E-state index in [1.165, 1.54) is 0 Å². The minimum Gasteiger partial charge on any atom is -0.481 e. The number of carboxylic acids is 1. The summed E-state index contributed by atoms with van der Waals surface area (Å²) in [6.45, 7) is 6.62. The second-order valence-electron chi connectivity index (χ2n) is 3.85. The van der Waals surface area contributed by atoms with Gasteiger partial charge in [-0.25, -0.2) is 0 Å². The SMILES string of the molecule is C=C(C)CCC1(C(=O)O)CCOC1. The second kappa shape index (κ2) is 3.92. The Morgan fingerprint density at radius 3 is 2.77 bits per heavy atom. The molecule has 0 aromatic carbocycles. The Kier molecular flexibility index (Phi) is 3.09. The Morgan fingerprint density at radius 2 is 2.38 bits per heavy atom. The van der Waals surface area contributed by atoms with E-state index in [1.54, 1.807) is 0 Å². The van der Waals surface area contributed by atoms with Gasteiger partial charge in [-0.2, -0.15) is 0 Å². The highest BCUT2D eigenvalue weighted by Crippen LogP contribution is 2.34. The minimum atomic E-state index is -0.730. The lowest BCUT2D eigenvalue weighted by Crippen LogP contribution is -2.31. The number of ether oxygens (including phenoxy) is 1. The van der Waals surface area contributed by atoms with E-state index >= 15 is 0 Å². The normalized spacial score (nSPS) is 27.5. The molecule has 1 unspecified atom stereocenters. The van der Waals surface area contributed by atoms with E-state index < -0.39 is 11.4 Å². The number of rotatable bonds is 4. The summed E-state index contributed by atoms with van der Waals surface area (Å²) in [6.07, 6.45) is 2.06. The van der Waals surface area contributed by atoms with Crippen molar-refractivity contribution in [2.45, 2.75) is 26.2 Å². The molecule has 0 amide bonds. The van der Waals surface area contributed by atoms with E-state index in [0.29, 0.717) is 26.1 Å². The number of hydrogen-bond acceptors (Lipinski definition) is 2. The molecule has 1 heterocycles. The molecule has 0 aromatic heterocycles. The summed E-state index contributed by atoms with van der Waals surface area (Å²) in [7, 11) is 0. The van der Waals surface area contributed by atoms with Crippen LogP contribution in [0.1, 0.15) is 26.2 Å². The van der Waals surface area contributed by atoms with Crippen LogP contribution >= 0.6 is 0 Å². The van der Waals surface area contributed by atoms with Gasteiger partial charge in [0.05, 0.1) is 12.0 Å². The van der Waals surface area contributed by atoms with Crippen LogP contribution in [0.2, 0.25) is 0 Å². The molecule has 0 aliphatic carbocycles. The maximum absolute atomic E-state index is 11.0. The first-order valence-electron chi connectivity index (χ1n) is 4.52. The van der Waals surface area contributed by atoms with Crippen LogP contribution in [0.4, 0.5) is 0 Å². The van der Waals surface area contributed by atoms with Crippen LogP contribution in [-0.4, -0.2) is 24.3 Å². The van der Waals surface area contributed by atoms with E-state index in [2.05, 4.69) is 6.58 Å². The molecular weight excluding hydrogens is 168 g/mol. The van der Waals surface area contributed by atoms with Crippen molar-refractivity contribution in [3.8, 4) is 0 Å². The van der Waals surface area contributed by atoms with Crippen molar-refractivity contribution in [1.29, 1.82) is 0 Å². The molecule has 1 fully saturated rings. The van der Waals surface area contributed by atoms with E-state index in [0.717, 1.165) is 12.0 Å². The van der Waals surface area contributed by atoms with Crippen LogP contribution < -0.4 is 0 Å². The fourth-order valence-corrected chi connectivity index (χ4v) is 1.53. The van der Waals surface area contributed by atoms with E-state index in [-0.39, 0.29) is 0 Å². The zero-order chi connectivity index (χ0) is 9.90. The van der Waals surface area contributed by atoms with Crippen LogP contribution in [0.25, 0.3) is 0 Å². The van der Waals surface area contributed by atoms with Gasteiger partial charge in [-0.05, 0) is 26.2 Å². The average Bonchev–Trinajstić information content (AvgIpc) is 2.50. The van der Waals surface area contributed by atoms with Crippen molar-refractivity contribution in [2.75, 3.05) is 13.2 Å². The summed E-state index contributed by atoms with van der Waals surface area (Å²) < 4.78 is 5.14. The molecule has 13 heavy (non-hydrogen) atoms. The number of hydrogen-bond donors (Lipinski definition) is 1. The second-order valence-corrected chi connectivity index (χ2v) is 3.85. The van der Waals surface area contributed by atoms with Gasteiger partial charge < -0.3 is 9.84 Å². The number of carboxylic acid groups (broad SMARTS) is 1. The average molecular weight is 184 g/mol. The van der Waals surface area contributed by atoms with Crippen molar-refractivity contribution in [1.82, 2.24) is 0 Å². The third-order valence-corrected chi connectivity index (χ3v) is 2.59. The Morgan fingerprint density at radius 1 is 1.69 bits per heavy atom. The van der Waals surface area contributed by atoms with Crippen LogP contribution in [0.5, 0.6) is 0 Å². The highest BCUT2D eigenvalue weighted by Gasteiger charge is 2.41. The fourth-order valence-electron chi connectivity index (χ4n) is 1.53. The molecule has 1 rings (SSSR count). The summed E-state index contributed by atoms with van der Waals surface area (Å²) in [5.41, 5.74) is 0.395. The monoisotopic (exact) mass is 184 g/mol. The first-order valence-corrected chi connectivity index (χ1v) is 4.52. The predicted molar refractivity (Wildman–Crippen MR) is 49.6 cm³/mol. The molecular formula is C10H16O3. The Balaban J connectivity index is 2.57. The topological polar surface area (TPSA) is 46.5 Å². The van der Waals surface area contributed by atoms with E-state index in [4.69, 9.17) is 9.84 Å². The summed E-state index contributed by atoms with van der Waals surface area (Å²) in [6, 6.07) is 0. The zero-order valence-electron chi connectivity index (χ0n) is 8.01. The molecule has 3 heteroatoms. The third-order valence-electron chi connectivity index (χ3n) is 2.59. The van der Waals surface area contributed by atoms with Crippen molar-refractivity contribution in [2.24, 2.45) is 5.41 Å². The van der Waals surface area contributed by atoms with Gasteiger partial charge in [-0.3, -0.25) is 4.79 Å². The summed E-state index contributed by atoms with van der Waals surface area (Å²) in [5, 5.41) is 9.07. The highest BCUT2D eigenvalue weighted by atomic mass is 16.5. The quantitative estimate of drug-likeness (QED) is 0.678. The smallest absolute Gasteiger partial charge is 0.312 e. The maximum atomic E-state index is 11.0. The molecule has 0 aromatic rings.